The SMILES string of the molecule is Nc1nc(-c2ccc3ccccc3c2)nc(C2CC2)c1Br. The minimum absolute atomic E-state index is 0.523. The standard InChI is InChI=1S/C17H14BrN3/c18-14-15(11-6-7-11)20-17(21-16(14)19)13-8-5-10-3-1-2-4-12(10)9-13/h1-5,8-9,11H,6-7H2,(H2,19,20,21). The van der Waals surface area contributed by atoms with Crippen LogP contribution in [0.1, 0.15) is 24.5 Å². The van der Waals surface area contributed by atoms with Crippen molar-refractivity contribution in [3.63, 3.8) is 0 Å². The molecule has 4 rings (SSSR count). The van der Waals surface area contributed by atoms with Crippen molar-refractivity contribution in [2.24, 2.45) is 0 Å². The van der Waals surface area contributed by atoms with Crippen LogP contribution in [-0.2, 0) is 0 Å². The van der Waals surface area contributed by atoms with Gasteiger partial charge in [-0.05, 0) is 45.6 Å². The van der Waals surface area contributed by atoms with Gasteiger partial charge in [-0.1, -0.05) is 36.4 Å². The zero-order chi connectivity index (χ0) is 14.4. The summed E-state index contributed by atoms with van der Waals surface area (Å²) in [5, 5.41) is 2.40. The molecular weight excluding hydrogens is 326 g/mol. The second-order valence-electron chi connectivity index (χ2n) is 5.47. The molecule has 0 aliphatic heterocycles. The third-order valence-corrected chi connectivity index (χ3v) is 4.69. The van der Waals surface area contributed by atoms with E-state index < -0.39 is 0 Å². The minimum Gasteiger partial charge on any atom is -0.383 e. The first-order chi connectivity index (χ1) is 10.2. The van der Waals surface area contributed by atoms with E-state index in [0.29, 0.717) is 17.6 Å². The summed E-state index contributed by atoms with van der Waals surface area (Å²) in [5.41, 5.74) is 8.10. The maximum absolute atomic E-state index is 6.04. The first kappa shape index (κ1) is 12.8. The Bertz CT molecular complexity index is 841. The summed E-state index contributed by atoms with van der Waals surface area (Å²) in [7, 11) is 0. The highest BCUT2D eigenvalue weighted by molar-refractivity contribution is 9.10. The normalized spacial score (nSPS) is 14.5. The lowest BCUT2D eigenvalue weighted by atomic mass is 10.1. The molecule has 0 saturated heterocycles. The third kappa shape index (κ3) is 2.29. The zero-order valence-electron chi connectivity index (χ0n) is 11.4. The lowest BCUT2D eigenvalue weighted by Gasteiger charge is -2.09. The number of nitrogens with zero attached hydrogens (tertiary/aromatic N) is 2. The molecular formula is C17H14BrN3. The molecule has 1 aliphatic rings. The molecule has 1 fully saturated rings. The van der Waals surface area contributed by atoms with Crippen LogP contribution < -0.4 is 5.73 Å². The molecule has 3 nitrogen and oxygen atoms in total. The molecule has 4 heteroatoms. The number of aromatic nitrogens is 2. The lowest BCUT2D eigenvalue weighted by molar-refractivity contribution is 0.984. The van der Waals surface area contributed by atoms with Crippen molar-refractivity contribution in [2.75, 3.05) is 5.73 Å². The van der Waals surface area contributed by atoms with Crippen molar-refractivity contribution < 1.29 is 0 Å². The first-order valence-electron chi connectivity index (χ1n) is 7.04. The van der Waals surface area contributed by atoms with Gasteiger partial charge in [0.15, 0.2) is 5.82 Å². The molecule has 0 bridgehead atoms. The van der Waals surface area contributed by atoms with Crippen LogP contribution in [0.4, 0.5) is 5.82 Å². The van der Waals surface area contributed by atoms with E-state index in [2.05, 4.69) is 51.2 Å². The summed E-state index contributed by atoms with van der Waals surface area (Å²) in [6, 6.07) is 14.6. The van der Waals surface area contributed by atoms with Crippen LogP contribution in [0.15, 0.2) is 46.9 Å². The van der Waals surface area contributed by atoms with Crippen molar-refractivity contribution in [1.82, 2.24) is 9.97 Å². The van der Waals surface area contributed by atoms with Crippen LogP contribution in [0.5, 0.6) is 0 Å². The van der Waals surface area contributed by atoms with E-state index in [1.165, 1.54) is 23.6 Å². The molecule has 0 atom stereocenters. The highest BCUT2D eigenvalue weighted by atomic mass is 79.9. The van der Waals surface area contributed by atoms with Crippen LogP contribution in [0.2, 0.25) is 0 Å². The number of rotatable bonds is 2. The first-order valence-corrected chi connectivity index (χ1v) is 7.84. The van der Waals surface area contributed by atoms with Gasteiger partial charge in [-0.15, -0.1) is 0 Å². The van der Waals surface area contributed by atoms with E-state index in [1.54, 1.807) is 0 Å². The molecule has 1 aliphatic carbocycles. The predicted molar refractivity (Wildman–Crippen MR) is 89.1 cm³/mol. The van der Waals surface area contributed by atoms with Crippen LogP contribution in [0.25, 0.3) is 22.2 Å². The molecule has 0 radical (unpaired) electrons. The van der Waals surface area contributed by atoms with Crippen molar-refractivity contribution in [1.29, 1.82) is 0 Å². The molecule has 2 N–H and O–H groups in total. The molecule has 1 heterocycles. The number of hydrogen-bond donors (Lipinski definition) is 1. The van der Waals surface area contributed by atoms with Gasteiger partial charge in [-0.25, -0.2) is 9.97 Å². The number of hydrogen-bond acceptors (Lipinski definition) is 3. The van der Waals surface area contributed by atoms with Crippen LogP contribution in [0.3, 0.4) is 0 Å². The molecule has 104 valence electrons. The van der Waals surface area contributed by atoms with Gasteiger partial charge >= 0.3 is 0 Å². The zero-order valence-corrected chi connectivity index (χ0v) is 13.0. The molecule has 0 amide bonds. The molecule has 2 aromatic carbocycles. The summed E-state index contributed by atoms with van der Waals surface area (Å²) < 4.78 is 0.856. The van der Waals surface area contributed by atoms with E-state index in [0.717, 1.165) is 15.7 Å². The van der Waals surface area contributed by atoms with Gasteiger partial charge < -0.3 is 5.73 Å². The Balaban J connectivity index is 1.87. The van der Waals surface area contributed by atoms with Gasteiger partial charge in [-0.3, -0.25) is 0 Å². The van der Waals surface area contributed by atoms with E-state index in [4.69, 9.17) is 10.7 Å². The molecule has 1 aromatic heterocycles. The Labute approximate surface area is 131 Å². The number of halogens is 1. The molecule has 21 heavy (non-hydrogen) atoms. The van der Waals surface area contributed by atoms with Gasteiger partial charge in [0.1, 0.15) is 5.82 Å². The number of fused-ring (bicyclic) bond motifs is 1. The van der Waals surface area contributed by atoms with Gasteiger partial charge in [0.25, 0.3) is 0 Å². The van der Waals surface area contributed by atoms with Crippen molar-refractivity contribution in [3.8, 4) is 11.4 Å². The number of nitrogen functional groups attached to an aromatic ring is 1. The Kier molecular flexibility index (Phi) is 2.93. The summed E-state index contributed by atoms with van der Waals surface area (Å²) in [6.07, 6.45) is 2.37. The maximum atomic E-state index is 6.04. The monoisotopic (exact) mass is 339 g/mol. The lowest BCUT2D eigenvalue weighted by Crippen LogP contribution is -2.02. The van der Waals surface area contributed by atoms with Crippen molar-refractivity contribution in [2.45, 2.75) is 18.8 Å². The summed E-state index contributed by atoms with van der Waals surface area (Å²) >= 11 is 3.52. The highest BCUT2D eigenvalue weighted by Crippen LogP contribution is 2.44. The Morgan fingerprint density at radius 3 is 2.52 bits per heavy atom. The molecule has 0 unspecified atom stereocenters. The van der Waals surface area contributed by atoms with E-state index in [-0.39, 0.29) is 0 Å². The predicted octanol–water partition coefficient (Wildman–Crippen LogP) is 4.52. The van der Waals surface area contributed by atoms with Gasteiger partial charge in [0.2, 0.25) is 0 Å². The molecule has 3 aromatic rings. The Morgan fingerprint density at radius 1 is 1.00 bits per heavy atom. The van der Waals surface area contributed by atoms with E-state index >= 15 is 0 Å². The van der Waals surface area contributed by atoms with Crippen LogP contribution in [-0.4, -0.2) is 9.97 Å². The quantitative estimate of drug-likeness (QED) is 0.746. The highest BCUT2D eigenvalue weighted by Gasteiger charge is 2.29. The third-order valence-electron chi connectivity index (χ3n) is 3.87. The van der Waals surface area contributed by atoms with Crippen LogP contribution >= 0.6 is 15.9 Å². The van der Waals surface area contributed by atoms with Gasteiger partial charge in [-0.2, -0.15) is 0 Å². The average molecular weight is 340 g/mol. The summed E-state index contributed by atoms with van der Waals surface area (Å²) in [5.74, 6) is 1.77. The van der Waals surface area contributed by atoms with Crippen molar-refractivity contribution >= 4 is 32.5 Å². The molecule has 0 spiro atoms. The minimum atomic E-state index is 0.523. The second-order valence-corrected chi connectivity index (χ2v) is 6.26. The molecule has 1 saturated carbocycles. The largest absolute Gasteiger partial charge is 0.383 e. The van der Waals surface area contributed by atoms with Gasteiger partial charge in [0.05, 0.1) is 10.2 Å². The number of benzene rings is 2. The topological polar surface area (TPSA) is 51.8 Å². The van der Waals surface area contributed by atoms with E-state index in [9.17, 15) is 0 Å². The van der Waals surface area contributed by atoms with Crippen molar-refractivity contribution in [3.05, 3.63) is 52.6 Å². The summed E-state index contributed by atoms with van der Waals surface area (Å²) in [6.45, 7) is 0. The van der Waals surface area contributed by atoms with Gasteiger partial charge in [0, 0.05) is 11.5 Å². The van der Waals surface area contributed by atoms with Crippen LogP contribution in [0, 0.1) is 0 Å². The van der Waals surface area contributed by atoms with E-state index in [1.807, 2.05) is 12.1 Å². The number of nitrogens with two attached hydrogens (primary N) is 1. The number of anilines is 1. The smallest absolute Gasteiger partial charge is 0.161 e. The fourth-order valence-corrected chi connectivity index (χ4v) is 3.07. The average Bonchev–Trinajstić information content (AvgIpc) is 3.34. The Morgan fingerprint density at radius 2 is 1.76 bits per heavy atom. The summed E-state index contributed by atoms with van der Waals surface area (Å²) in [4.78, 5) is 9.17. The second kappa shape index (κ2) is 4.81. The fourth-order valence-electron chi connectivity index (χ4n) is 2.57. The maximum Gasteiger partial charge on any atom is 0.161 e. The fraction of sp³-hybridized carbons (Fsp3) is 0.176. The Hall–Kier alpha value is -1.94.